The van der Waals surface area contributed by atoms with Crippen molar-refractivity contribution in [2.75, 3.05) is 46.2 Å². The van der Waals surface area contributed by atoms with Gasteiger partial charge in [-0.05, 0) is 81.5 Å². The van der Waals surface area contributed by atoms with Crippen molar-refractivity contribution in [3.63, 3.8) is 0 Å². The number of carbonyl (C=O) groups excluding carboxylic acids is 3. The normalized spacial score (nSPS) is 26.7. The van der Waals surface area contributed by atoms with Gasteiger partial charge in [-0.2, -0.15) is 0 Å². The van der Waals surface area contributed by atoms with Gasteiger partial charge in [-0.3, -0.25) is 24.2 Å². The maximum Gasteiger partial charge on any atom is 0.255 e. The van der Waals surface area contributed by atoms with Crippen LogP contribution in [0.4, 0.5) is 5.69 Å². The van der Waals surface area contributed by atoms with Crippen LogP contribution in [-0.2, 0) is 22.6 Å². The third kappa shape index (κ3) is 4.63. The molecule has 0 spiro atoms. The molecule has 6 N–H and O–H groups in total. The Labute approximate surface area is 261 Å². The first-order valence-electron chi connectivity index (χ1n) is 15.3. The number of phenols is 1. The summed E-state index contributed by atoms with van der Waals surface area (Å²) in [5, 5.41) is 46.2. The zero-order chi connectivity index (χ0) is 32.5. The average Bonchev–Trinajstić information content (AvgIpc) is 3.48. The molecule has 4 aliphatic rings. The number of hydrogen-bond acceptors (Lipinski definition) is 10. The maximum absolute atomic E-state index is 14.3. The number of allylic oxidation sites excluding steroid dienone is 1. The van der Waals surface area contributed by atoms with Crippen LogP contribution < -0.4 is 10.6 Å². The molecule has 238 valence electrons. The summed E-state index contributed by atoms with van der Waals surface area (Å²) in [5.41, 5.74) is 5.36. The number of fused-ring (bicyclic) bond motifs is 3. The van der Waals surface area contributed by atoms with E-state index in [1.807, 2.05) is 49.3 Å². The van der Waals surface area contributed by atoms with Crippen LogP contribution in [0, 0.1) is 11.8 Å². The monoisotopic (exact) mass is 616 g/mol. The van der Waals surface area contributed by atoms with Gasteiger partial charge in [0, 0.05) is 43.4 Å². The topological polar surface area (TPSA) is 168 Å². The Morgan fingerprint density at radius 3 is 2.27 bits per heavy atom. The fraction of sp³-hybridized carbons (Fsp3) is 0.441. The molecule has 45 heavy (non-hydrogen) atoms. The predicted molar refractivity (Wildman–Crippen MR) is 168 cm³/mol. The van der Waals surface area contributed by atoms with Gasteiger partial charge in [0.1, 0.15) is 22.8 Å². The second-order valence-electron chi connectivity index (χ2n) is 13.2. The number of nitrogens with two attached hydrogens (primary N) is 1. The molecule has 0 unspecified atom stereocenters. The van der Waals surface area contributed by atoms with E-state index in [1.165, 1.54) is 17.7 Å². The molecule has 0 aromatic heterocycles. The SMILES string of the molecule is CN(C)c1cc(-c2ccc(CN3CCCC3)cc2)c(O)c2c1C[C@H]1C[C@H]3[C@H](N(C)C)C(O)=C(C(N)=O)C(=O)[C@@]3(O)C(O)=C1C2=O. The minimum absolute atomic E-state index is 0.00174. The molecule has 0 radical (unpaired) electrons. The minimum Gasteiger partial charge on any atom is -0.510 e. The molecule has 0 bridgehead atoms. The summed E-state index contributed by atoms with van der Waals surface area (Å²) in [7, 11) is 6.91. The highest BCUT2D eigenvalue weighted by Gasteiger charge is 2.63. The third-order valence-electron chi connectivity index (χ3n) is 10.1. The zero-order valence-electron chi connectivity index (χ0n) is 26.0. The second kappa shape index (κ2) is 11.0. The summed E-state index contributed by atoms with van der Waals surface area (Å²) < 4.78 is 0. The van der Waals surface area contributed by atoms with E-state index in [4.69, 9.17) is 5.73 Å². The van der Waals surface area contributed by atoms with Crippen molar-refractivity contribution >= 4 is 23.2 Å². The molecule has 6 rings (SSSR count). The average molecular weight is 617 g/mol. The largest absolute Gasteiger partial charge is 0.510 e. The Hall–Kier alpha value is -4.19. The van der Waals surface area contributed by atoms with Gasteiger partial charge >= 0.3 is 0 Å². The minimum atomic E-state index is -2.67. The van der Waals surface area contributed by atoms with Crippen LogP contribution in [0.2, 0.25) is 0 Å². The number of nitrogens with zero attached hydrogens (tertiary/aromatic N) is 3. The van der Waals surface area contributed by atoms with Gasteiger partial charge in [-0.15, -0.1) is 0 Å². The molecule has 11 nitrogen and oxygen atoms in total. The van der Waals surface area contributed by atoms with Crippen molar-refractivity contribution in [1.29, 1.82) is 0 Å². The molecular weight excluding hydrogens is 576 g/mol. The summed E-state index contributed by atoms with van der Waals surface area (Å²) in [6.07, 6.45) is 2.66. The van der Waals surface area contributed by atoms with Gasteiger partial charge in [-0.25, -0.2) is 0 Å². The van der Waals surface area contributed by atoms with Crippen molar-refractivity contribution in [2.45, 2.75) is 43.9 Å². The van der Waals surface area contributed by atoms with Crippen molar-refractivity contribution < 1.29 is 34.8 Å². The van der Waals surface area contributed by atoms with Crippen LogP contribution in [-0.4, -0.2) is 101 Å². The predicted octanol–water partition coefficient (Wildman–Crippen LogP) is 2.45. The summed E-state index contributed by atoms with van der Waals surface area (Å²) >= 11 is 0. The van der Waals surface area contributed by atoms with Crippen LogP contribution in [0.3, 0.4) is 0 Å². The number of benzene rings is 2. The molecule has 3 aliphatic carbocycles. The first-order chi connectivity index (χ1) is 21.3. The number of carbonyl (C=O) groups is 3. The molecule has 1 saturated heterocycles. The first-order valence-corrected chi connectivity index (χ1v) is 15.3. The zero-order valence-corrected chi connectivity index (χ0v) is 26.0. The Kier molecular flexibility index (Phi) is 7.54. The van der Waals surface area contributed by atoms with Crippen LogP contribution in [0.25, 0.3) is 11.1 Å². The highest BCUT2D eigenvalue weighted by molar-refractivity contribution is 6.25. The van der Waals surface area contributed by atoms with Crippen LogP contribution in [0.15, 0.2) is 53.0 Å². The van der Waals surface area contributed by atoms with E-state index >= 15 is 0 Å². The standard InChI is InChI=1S/C34H40N4O7/c1-36(2)23-15-20(18-9-7-17(8-10-18)16-38-11-5-6-12-38)28(39)25-21(23)13-19-14-22-27(37(3)4)30(41)26(33(35)44)32(43)34(22,45)31(42)24(19)29(25)40/h7-10,15,19,22,27,39,41-42,45H,5-6,11-14,16H2,1-4H3,(H2,35,44)/t19-,22-,27-,34-/m0/s1. The number of hydrogen-bond donors (Lipinski definition) is 5. The number of amides is 1. The molecule has 1 amide bonds. The number of aliphatic hydroxyl groups is 3. The molecule has 1 aliphatic heterocycles. The van der Waals surface area contributed by atoms with Crippen LogP contribution >= 0.6 is 0 Å². The molecule has 2 aromatic carbocycles. The highest BCUT2D eigenvalue weighted by atomic mass is 16.3. The highest BCUT2D eigenvalue weighted by Crippen LogP contribution is 2.54. The Bertz CT molecular complexity index is 1670. The number of Topliss-reactive ketones (excluding diaryl/α,β-unsaturated/α-hetero) is 2. The van der Waals surface area contributed by atoms with Crippen molar-refractivity contribution in [3.05, 3.63) is 69.7 Å². The number of aliphatic hydroxyl groups excluding tert-OH is 2. The fourth-order valence-electron chi connectivity index (χ4n) is 7.91. The lowest BCUT2D eigenvalue weighted by Crippen LogP contribution is -2.63. The van der Waals surface area contributed by atoms with E-state index in [0.29, 0.717) is 22.4 Å². The fourth-order valence-corrected chi connectivity index (χ4v) is 7.91. The molecule has 11 heteroatoms. The van der Waals surface area contributed by atoms with E-state index in [9.17, 15) is 34.8 Å². The summed E-state index contributed by atoms with van der Waals surface area (Å²) in [5.74, 6) is -6.62. The number of likely N-dealkylation sites (tertiary alicyclic amines) is 1. The first kappa shape index (κ1) is 30.8. The van der Waals surface area contributed by atoms with E-state index < -0.39 is 58.0 Å². The summed E-state index contributed by atoms with van der Waals surface area (Å²) in [4.78, 5) is 45.9. The molecule has 4 atom stereocenters. The number of likely N-dealkylation sites (N-methyl/N-ethyl adjacent to an activating group) is 1. The Morgan fingerprint density at radius 2 is 1.69 bits per heavy atom. The maximum atomic E-state index is 14.3. The van der Waals surface area contributed by atoms with Gasteiger partial charge in [0.05, 0.1) is 11.6 Å². The van der Waals surface area contributed by atoms with E-state index in [-0.39, 0.29) is 29.7 Å². The lowest BCUT2D eigenvalue weighted by molar-refractivity contribution is -0.148. The van der Waals surface area contributed by atoms with Gasteiger partial charge in [0.2, 0.25) is 5.78 Å². The van der Waals surface area contributed by atoms with Crippen LogP contribution in [0.5, 0.6) is 5.75 Å². The Morgan fingerprint density at radius 1 is 1.04 bits per heavy atom. The smallest absolute Gasteiger partial charge is 0.255 e. The van der Waals surface area contributed by atoms with Gasteiger partial charge in [0.25, 0.3) is 5.91 Å². The summed E-state index contributed by atoms with van der Waals surface area (Å²) in [6, 6.07) is 8.68. The quantitative estimate of drug-likeness (QED) is 0.304. The second-order valence-corrected chi connectivity index (χ2v) is 13.2. The van der Waals surface area contributed by atoms with Crippen molar-refractivity contribution in [2.24, 2.45) is 17.6 Å². The van der Waals surface area contributed by atoms with E-state index in [2.05, 4.69) is 4.90 Å². The Balaban J connectivity index is 1.47. The van der Waals surface area contributed by atoms with Crippen LogP contribution in [0.1, 0.15) is 40.7 Å². The molecule has 2 aromatic rings. The molecule has 1 heterocycles. The van der Waals surface area contributed by atoms with Gasteiger partial charge < -0.3 is 31.1 Å². The molecular formula is C34H40N4O7. The van der Waals surface area contributed by atoms with E-state index in [0.717, 1.165) is 25.2 Å². The molecule has 0 saturated carbocycles. The lowest BCUT2D eigenvalue weighted by atomic mass is 9.58. The number of anilines is 1. The third-order valence-corrected chi connectivity index (χ3v) is 10.1. The lowest BCUT2D eigenvalue weighted by Gasteiger charge is -2.50. The molecule has 1 fully saturated rings. The number of phenolic OH excluding ortho intramolecular Hbond substituents is 1. The van der Waals surface area contributed by atoms with Crippen molar-refractivity contribution in [3.8, 4) is 16.9 Å². The number of ketones is 2. The number of rotatable bonds is 6. The van der Waals surface area contributed by atoms with Gasteiger partial charge in [-0.1, -0.05) is 24.3 Å². The number of aromatic hydroxyl groups is 1. The summed E-state index contributed by atoms with van der Waals surface area (Å²) in [6.45, 7) is 2.99. The van der Waals surface area contributed by atoms with Gasteiger partial charge in [0.15, 0.2) is 11.4 Å². The van der Waals surface area contributed by atoms with E-state index in [1.54, 1.807) is 14.1 Å². The number of primary amides is 1. The van der Waals surface area contributed by atoms with Crippen molar-refractivity contribution in [1.82, 2.24) is 9.80 Å².